The van der Waals surface area contributed by atoms with Crippen LogP contribution in [0.4, 0.5) is 0 Å². The second-order valence-corrected chi connectivity index (χ2v) is 5.33. The number of nitrogens with two attached hydrogens (primary N) is 1. The van der Waals surface area contributed by atoms with Crippen molar-refractivity contribution >= 4 is 18.3 Å². The molecule has 0 radical (unpaired) electrons. The first kappa shape index (κ1) is 15.7. The van der Waals surface area contributed by atoms with Crippen LogP contribution in [0.5, 0.6) is 0 Å². The summed E-state index contributed by atoms with van der Waals surface area (Å²) in [6.45, 7) is 3.15. The van der Waals surface area contributed by atoms with Gasteiger partial charge in [-0.25, -0.2) is 0 Å². The number of halogens is 1. The van der Waals surface area contributed by atoms with Crippen molar-refractivity contribution in [2.24, 2.45) is 23.5 Å². The number of carbonyl (C=O) groups is 1. The minimum atomic E-state index is 0. The van der Waals surface area contributed by atoms with Gasteiger partial charge in [-0.1, -0.05) is 6.42 Å². The molecule has 2 atom stereocenters. The maximum Gasteiger partial charge on any atom is 0.223 e. The maximum atomic E-state index is 12.1. The summed E-state index contributed by atoms with van der Waals surface area (Å²) in [5.41, 5.74) is 5.70. The summed E-state index contributed by atoms with van der Waals surface area (Å²) >= 11 is 0. The summed E-state index contributed by atoms with van der Waals surface area (Å²) in [6, 6.07) is 0. The zero-order valence-corrected chi connectivity index (χ0v) is 11.7. The molecule has 2 rings (SSSR count). The first-order valence-electron chi connectivity index (χ1n) is 6.86. The second-order valence-electron chi connectivity index (χ2n) is 5.33. The number of ether oxygens (including phenoxy) is 1. The van der Waals surface area contributed by atoms with Crippen molar-refractivity contribution in [3.05, 3.63) is 0 Å². The molecule has 1 aliphatic heterocycles. The lowest BCUT2D eigenvalue weighted by molar-refractivity contribution is -0.126. The molecule has 4 nitrogen and oxygen atoms in total. The Morgan fingerprint density at radius 1 is 1.22 bits per heavy atom. The van der Waals surface area contributed by atoms with Crippen LogP contribution < -0.4 is 11.1 Å². The van der Waals surface area contributed by atoms with E-state index in [9.17, 15) is 4.79 Å². The Kier molecular flexibility index (Phi) is 6.97. The van der Waals surface area contributed by atoms with Gasteiger partial charge in [-0.15, -0.1) is 12.4 Å². The molecule has 0 unspecified atom stereocenters. The quantitative estimate of drug-likeness (QED) is 0.814. The Labute approximate surface area is 115 Å². The van der Waals surface area contributed by atoms with Crippen molar-refractivity contribution in [1.82, 2.24) is 5.32 Å². The molecule has 0 aromatic heterocycles. The molecular formula is C13H25ClN2O2. The predicted molar refractivity (Wildman–Crippen MR) is 73.7 cm³/mol. The second kappa shape index (κ2) is 7.97. The van der Waals surface area contributed by atoms with E-state index in [4.69, 9.17) is 10.5 Å². The topological polar surface area (TPSA) is 64.4 Å². The highest BCUT2D eigenvalue weighted by atomic mass is 35.5. The zero-order chi connectivity index (χ0) is 12.1. The predicted octanol–water partition coefficient (Wildman–Crippen LogP) is 1.33. The van der Waals surface area contributed by atoms with Crippen molar-refractivity contribution < 1.29 is 9.53 Å². The molecule has 0 aromatic rings. The molecule has 18 heavy (non-hydrogen) atoms. The van der Waals surface area contributed by atoms with Gasteiger partial charge in [0.05, 0.1) is 0 Å². The van der Waals surface area contributed by atoms with Crippen LogP contribution in [0.2, 0.25) is 0 Å². The third kappa shape index (κ3) is 4.11. The average Bonchev–Trinajstić information content (AvgIpc) is 2.85. The molecule has 5 heteroatoms. The number of rotatable bonds is 4. The van der Waals surface area contributed by atoms with E-state index < -0.39 is 0 Å². The van der Waals surface area contributed by atoms with Crippen LogP contribution in [-0.2, 0) is 9.53 Å². The molecule has 2 fully saturated rings. The number of nitrogens with one attached hydrogen (secondary N) is 1. The highest BCUT2D eigenvalue weighted by Crippen LogP contribution is 2.31. The largest absolute Gasteiger partial charge is 0.381 e. The van der Waals surface area contributed by atoms with Gasteiger partial charge in [0.2, 0.25) is 5.91 Å². The van der Waals surface area contributed by atoms with Gasteiger partial charge >= 0.3 is 0 Å². The van der Waals surface area contributed by atoms with Crippen LogP contribution in [0.1, 0.15) is 32.1 Å². The fourth-order valence-electron chi connectivity index (χ4n) is 2.99. The molecule has 1 saturated carbocycles. The lowest BCUT2D eigenvalue weighted by Crippen LogP contribution is -2.38. The fourth-order valence-corrected chi connectivity index (χ4v) is 2.99. The van der Waals surface area contributed by atoms with E-state index in [0.29, 0.717) is 18.4 Å². The number of hydrogen-bond acceptors (Lipinski definition) is 3. The van der Waals surface area contributed by atoms with Crippen LogP contribution in [-0.4, -0.2) is 32.2 Å². The Hall–Kier alpha value is -0.320. The Morgan fingerprint density at radius 2 is 1.94 bits per heavy atom. The van der Waals surface area contributed by atoms with Gasteiger partial charge in [-0.3, -0.25) is 4.79 Å². The van der Waals surface area contributed by atoms with Crippen molar-refractivity contribution in [2.45, 2.75) is 32.1 Å². The minimum absolute atomic E-state index is 0. The maximum absolute atomic E-state index is 12.1. The molecular weight excluding hydrogens is 252 g/mol. The molecule has 3 N–H and O–H groups in total. The van der Waals surface area contributed by atoms with Crippen LogP contribution >= 0.6 is 12.4 Å². The fraction of sp³-hybridized carbons (Fsp3) is 0.923. The zero-order valence-electron chi connectivity index (χ0n) is 10.9. The molecule has 0 spiro atoms. The van der Waals surface area contributed by atoms with Gasteiger partial charge in [0.1, 0.15) is 0 Å². The van der Waals surface area contributed by atoms with E-state index in [-0.39, 0.29) is 24.2 Å². The monoisotopic (exact) mass is 276 g/mol. The molecule has 2 aliphatic rings. The van der Waals surface area contributed by atoms with E-state index >= 15 is 0 Å². The number of carbonyl (C=O) groups excluding carboxylic acids is 1. The average molecular weight is 277 g/mol. The minimum Gasteiger partial charge on any atom is -0.381 e. The van der Waals surface area contributed by atoms with Gasteiger partial charge in [0, 0.05) is 25.7 Å². The van der Waals surface area contributed by atoms with Crippen LogP contribution in [0.25, 0.3) is 0 Å². The van der Waals surface area contributed by atoms with E-state index in [2.05, 4.69) is 5.32 Å². The summed E-state index contributed by atoms with van der Waals surface area (Å²) in [5.74, 6) is 1.40. The van der Waals surface area contributed by atoms with E-state index in [1.54, 1.807) is 0 Å². The molecule has 1 amide bonds. The van der Waals surface area contributed by atoms with Crippen molar-refractivity contribution in [3.63, 3.8) is 0 Å². The molecule has 0 aromatic carbocycles. The Bertz CT molecular complexity index is 257. The van der Waals surface area contributed by atoms with Gasteiger partial charge in [0.15, 0.2) is 0 Å². The van der Waals surface area contributed by atoms with Crippen molar-refractivity contribution in [2.75, 3.05) is 26.3 Å². The van der Waals surface area contributed by atoms with E-state index in [1.807, 2.05) is 0 Å². The summed E-state index contributed by atoms with van der Waals surface area (Å²) in [6.07, 6.45) is 5.43. The summed E-state index contributed by atoms with van der Waals surface area (Å²) < 4.78 is 5.31. The van der Waals surface area contributed by atoms with E-state index in [1.165, 1.54) is 0 Å². The highest BCUT2D eigenvalue weighted by molar-refractivity contribution is 5.85. The molecule has 106 valence electrons. The highest BCUT2D eigenvalue weighted by Gasteiger charge is 2.31. The number of hydrogen-bond donors (Lipinski definition) is 2. The smallest absolute Gasteiger partial charge is 0.223 e. The van der Waals surface area contributed by atoms with Crippen molar-refractivity contribution in [1.29, 1.82) is 0 Å². The third-order valence-electron chi connectivity index (χ3n) is 4.20. The van der Waals surface area contributed by atoms with Gasteiger partial charge in [-0.05, 0) is 44.1 Å². The van der Waals surface area contributed by atoms with Gasteiger partial charge < -0.3 is 15.8 Å². The molecule has 1 saturated heterocycles. The summed E-state index contributed by atoms with van der Waals surface area (Å²) in [7, 11) is 0. The van der Waals surface area contributed by atoms with Crippen molar-refractivity contribution in [3.8, 4) is 0 Å². The summed E-state index contributed by atoms with van der Waals surface area (Å²) in [5, 5.41) is 3.11. The van der Waals surface area contributed by atoms with Gasteiger partial charge in [0.25, 0.3) is 0 Å². The van der Waals surface area contributed by atoms with Crippen LogP contribution in [0.15, 0.2) is 0 Å². The van der Waals surface area contributed by atoms with Gasteiger partial charge in [-0.2, -0.15) is 0 Å². The summed E-state index contributed by atoms with van der Waals surface area (Å²) in [4.78, 5) is 12.1. The molecule has 1 aliphatic carbocycles. The van der Waals surface area contributed by atoms with Crippen LogP contribution in [0.3, 0.4) is 0 Å². The Balaban J connectivity index is 0.00000162. The SMILES string of the molecule is Cl.NC[C@H]1CCC[C@H]1C(=O)NCC1CCOCC1. The lowest BCUT2D eigenvalue weighted by Gasteiger charge is -2.24. The lowest BCUT2D eigenvalue weighted by atomic mass is 9.94. The third-order valence-corrected chi connectivity index (χ3v) is 4.20. The van der Waals surface area contributed by atoms with Crippen LogP contribution in [0, 0.1) is 17.8 Å². The Morgan fingerprint density at radius 3 is 2.61 bits per heavy atom. The first-order valence-corrected chi connectivity index (χ1v) is 6.86. The molecule has 0 bridgehead atoms. The normalized spacial score (nSPS) is 28.7. The number of amides is 1. The standard InChI is InChI=1S/C13H24N2O2.ClH/c14-8-11-2-1-3-12(11)13(16)15-9-10-4-6-17-7-5-10;/h10-12H,1-9,14H2,(H,15,16);1H/t11-,12-;/m1./s1. The molecule has 1 heterocycles. The first-order chi connectivity index (χ1) is 8.31. The van der Waals surface area contributed by atoms with E-state index in [0.717, 1.165) is 51.9 Å².